The molecular weight excluding hydrogens is 440 g/mol. The summed E-state index contributed by atoms with van der Waals surface area (Å²) in [5, 5.41) is 11.7. The Bertz CT molecular complexity index is 1240. The molecule has 0 spiro atoms. The van der Waals surface area contributed by atoms with E-state index < -0.39 is 17.7 Å². The first-order valence-corrected chi connectivity index (χ1v) is 11.0. The number of rotatable bonds is 6. The smallest absolute Gasteiger partial charge is 0.300 e. The summed E-state index contributed by atoms with van der Waals surface area (Å²) in [6.45, 7) is 4.31. The summed E-state index contributed by atoms with van der Waals surface area (Å²) in [6.07, 6.45) is 4.02. The van der Waals surface area contributed by atoms with Crippen LogP contribution in [0.15, 0.2) is 72.6 Å². The first kappa shape index (κ1) is 22.6. The molecule has 33 heavy (non-hydrogen) atoms. The fourth-order valence-corrected chi connectivity index (χ4v) is 4.07. The SMILES string of the molecule is CCCOc1cccc(/C(O)=C2\C(=O)C(=O)N(c3cccc(Cl)c3C)C2c2cccnc2)c1. The molecule has 0 saturated carbocycles. The molecule has 4 rings (SSSR count). The van der Waals surface area contributed by atoms with E-state index >= 15 is 0 Å². The van der Waals surface area contributed by atoms with Gasteiger partial charge in [0.1, 0.15) is 11.5 Å². The lowest BCUT2D eigenvalue weighted by molar-refractivity contribution is -0.132. The number of pyridine rings is 1. The lowest BCUT2D eigenvalue weighted by Gasteiger charge is -2.26. The van der Waals surface area contributed by atoms with Gasteiger partial charge in [-0.05, 0) is 54.8 Å². The molecule has 1 aromatic heterocycles. The predicted octanol–water partition coefficient (Wildman–Crippen LogP) is 5.46. The van der Waals surface area contributed by atoms with Crippen molar-refractivity contribution >= 4 is 34.7 Å². The standard InChI is InChI=1S/C26H23ClN2O4/c1-3-13-33-19-9-4-7-17(14-19)24(30)22-23(18-8-6-12-28-15-18)29(26(32)25(22)31)21-11-5-10-20(27)16(21)2/h4-12,14-15,23,30H,3,13H2,1-2H3/b24-22+. The molecule has 3 aromatic rings. The number of amides is 1. The van der Waals surface area contributed by atoms with E-state index in [9.17, 15) is 14.7 Å². The second kappa shape index (κ2) is 9.46. The van der Waals surface area contributed by atoms with Gasteiger partial charge >= 0.3 is 0 Å². The number of aromatic nitrogens is 1. The number of ether oxygens (including phenoxy) is 1. The fourth-order valence-electron chi connectivity index (χ4n) is 3.90. The number of aliphatic hydroxyl groups excluding tert-OH is 1. The van der Waals surface area contributed by atoms with Gasteiger partial charge in [0.05, 0.1) is 18.2 Å². The van der Waals surface area contributed by atoms with Gasteiger partial charge in [0.2, 0.25) is 0 Å². The molecule has 1 fully saturated rings. The van der Waals surface area contributed by atoms with Crippen LogP contribution in [0, 0.1) is 6.92 Å². The summed E-state index contributed by atoms with van der Waals surface area (Å²) >= 11 is 6.31. The van der Waals surface area contributed by atoms with Crippen molar-refractivity contribution in [3.05, 3.63) is 94.3 Å². The van der Waals surface area contributed by atoms with Gasteiger partial charge in [-0.2, -0.15) is 0 Å². The summed E-state index contributed by atoms with van der Waals surface area (Å²) in [4.78, 5) is 32.0. The average Bonchev–Trinajstić information content (AvgIpc) is 3.10. The fraction of sp³-hybridized carbons (Fsp3) is 0.192. The predicted molar refractivity (Wildman–Crippen MR) is 127 cm³/mol. The van der Waals surface area contributed by atoms with Crippen LogP contribution in [0.1, 0.15) is 36.1 Å². The summed E-state index contributed by atoms with van der Waals surface area (Å²) < 4.78 is 5.67. The van der Waals surface area contributed by atoms with Crippen molar-refractivity contribution in [3.63, 3.8) is 0 Å². The van der Waals surface area contributed by atoms with Crippen molar-refractivity contribution in [2.45, 2.75) is 26.3 Å². The molecule has 0 bridgehead atoms. The van der Waals surface area contributed by atoms with E-state index in [2.05, 4.69) is 4.98 Å². The molecule has 168 valence electrons. The maximum Gasteiger partial charge on any atom is 0.300 e. The molecule has 1 N–H and O–H groups in total. The van der Waals surface area contributed by atoms with E-state index in [1.54, 1.807) is 73.9 Å². The number of carbonyl (C=O) groups is 2. The summed E-state index contributed by atoms with van der Waals surface area (Å²) in [5.41, 5.74) is 2.12. The van der Waals surface area contributed by atoms with E-state index in [1.807, 2.05) is 6.92 Å². The van der Waals surface area contributed by atoms with Gasteiger partial charge in [-0.1, -0.05) is 42.8 Å². The van der Waals surface area contributed by atoms with Crippen LogP contribution in [0.25, 0.3) is 5.76 Å². The Kier molecular flexibility index (Phi) is 6.47. The molecule has 1 saturated heterocycles. The Morgan fingerprint density at radius 1 is 1.15 bits per heavy atom. The molecule has 6 nitrogen and oxygen atoms in total. The topological polar surface area (TPSA) is 79.7 Å². The number of anilines is 1. The molecule has 1 amide bonds. The van der Waals surface area contributed by atoms with Crippen LogP contribution in [0.2, 0.25) is 5.02 Å². The van der Waals surface area contributed by atoms with Crippen LogP contribution in [0.3, 0.4) is 0 Å². The molecule has 0 radical (unpaired) electrons. The van der Waals surface area contributed by atoms with E-state index in [1.165, 1.54) is 4.90 Å². The second-order valence-electron chi connectivity index (χ2n) is 7.72. The number of ketones is 1. The number of hydrogen-bond donors (Lipinski definition) is 1. The first-order valence-electron chi connectivity index (χ1n) is 10.6. The van der Waals surface area contributed by atoms with Crippen LogP contribution in [-0.2, 0) is 9.59 Å². The van der Waals surface area contributed by atoms with Gasteiger partial charge in [-0.15, -0.1) is 0 Å². The first-order chi connectivity index (χ1) is 15.9. The van der Waals surface area contributed by atoms with E-state index in [-0.39, 0.29) is 11.3 Å². The highest BCUT2D eigenvalue weighted by Crippen LogP contribution is 2.43. The Morgan fingerprint density at radius 2 is 1.94 bits per heavy atom. The van der Waals surface area contributed by atoms with E-state index in [0.717, 1.165) is 6.42 Å². The lowest BCUT2D eigenvalue weighted by atomic mass is 9.96. The minimum absolute atomic E-state index is 0.0139. The summed E-state index contributed by atoms with van der Waals surface area (Å²) in [7, 11) is 0. The second-order valence-corrected chi connectivity index (χ2v) is 8.12. The molecule has 0 aliphatic carbocycles. The molecule has 1 unspecified atom stereocenters. The Balaban J connectivity index is 1.91. The zero-order valence-corrected chi connectivity index (χ0v) is 19.0. The number of aliphatic hydroxyl groups is 1. The van der Waals surface area contributed by atoms with Crippen molar-refractivity contribution in [1.82, 2.24) is 4.98 Å². The number of benzene rings is 2. The Hall–Kier alpha value is -3.64. The van der Waals surface area contributed by atoms with Crippen LogP contribution in [0.4, 0.5) is 5.69 Å². The molecule has 2 aromatic carbocycles. The molecule has 1 aliphatic rings. The molecular formula is C26H23ClN2O4. The van der Waals surface area contributed by atoms with Crippen LogP contribution < -0.4 is 9.64 Å². The van der Waals surface area contributed by atoms with E-state index in [0.29, 0.717) is 39.8 Å². The monoisotopic (exact) mass is 462 g/mol. The lowest BCUT2D eigenvalue weighted by Crippen LogP contribution is -2.30. The van der Waals surface area contributed by atoms with Gasteiger partial charge < -0.3 is 9.84 Å². The number of halogens is 1. The van der Waals surface area contributed by atoms with Gasteiger partial charge in [0, 0.05) is 28.7 Å². The highest BCUT2D eigenvalue weighted by atomic mass is 35.5. The van der Waals surface area contributed by atoms with Crippen LogP contribution in [0.5, 0.6) is 5.75 Å². The molecule has 1 atom stereocenters. The quantitative estimate of drug-likeness (QED) is 0.299. The number of nitrogens with zero attached hydrogens (tertiary/aromatic N) is 2. The van der Waals surface area contributed by atoms with E-state index in [4.69, 9.17) is 16.3 Å². The van der Waals surface area contributed by atoms with Crippen molar-refractivity contribution in [2.24, 2.45) is 0 Å². The third kappa shape index (κ3) is 4.22. The largest absolute Gasteiger partial charge is 0.507 e. The highest BCUT2D eigenvalue weighted by molar-refractivity contribution is 6.52. The molecule has 2 heterocycles. The molecule has 7 heteroatoms. The summed E-state index contributed by atoms with van der Waals surface area (Å²) in [6, 6.07) is 14.6. The maximum absolute atomic E-state index is 13.3. The third-order valence-electron chi connectivity index (χ3n) is 5.52. The van der Waals surface area contributed by atoms with Gasteiger partial charge in [-0.3, -0.25) is 19.5 Å². The van der Waals surface area contributed by atoms with Gasteiger partial charge in [0.25, 0.3) is 11.7 Å². The number of carbonyl (C=O) groups excluding carboxylic acids is 2. The van der Waals surface area contributed by atoms with Gasteiger partial charge in [0.15, 0.2) is 0 Å². The van der Waals surface area contributed by atoms with Gasteiger partial charge in [-0.25, -0.2) is 0 Å². The molecule has 1 aliphatic heterocycles. The van der Waals surface area contributed by atoms with Crippen LogP contribution >= 0.6 is 11.6 Å². The minimum Gasteiger partial charge on any atom is -0.507 e. The zero-order chi connectivity index (χ0) is 23.5. The normalized spacial score (nSPS) is 17.4. The third-order valence-corrected chi connectivity index (χ3v) is 5.93. The van der Waals surface area contributed by atoms with Crippen molar-refractivity contribution in [2.75, 3.05) is 11.5 Å². The number of hydrogen-bond acceptors (Lipinski definition) is 5. The number of Topliss-reactive ketones (excluding diaryl/α,β-unsaturated/α-hetero) is 1. The summed E-state index contributed by atoms with van der Waals surface area (Å²) in [5.74, 6) is -1.22. The van der Waals surface area contributed by atoms with Crippen molar-refractivity contribution in [3.8, 4) is 5.75 Å². The van der Waals surface area contributed by atoms with Crippen LogP contribution in [-0.4, -0.2) is 28.4 Å². The minimum atomic E-state index is -0.865. The zero-order valence-electron chi connectivity index (χ0n) is 18.3. The van der Waals surface area contributed by atoms with Crippen molar-refractivity contribution in [1.29, 1.82) is 0 Å². The Labute approximate surface area is 197 Å². The Morgan fingerprint density at radius 3 is 2.67 bits per heavy atom. The highest BCUT2D eigenvalue weighted by Gasteiger charge is 2.47. The van der Waals surface area contributed by atoms with Crippen molar-refractivity contribution < 1.29 is 19.4 Å². The average molecular weight is 463 g/mol. The maximum atomic E-state index is 13.3.